The number of anilines is 3. The third-order valence-corrected chi connectivity index (χ3v) is 11.2. The van der Waals surface area contributed by atoms with E-state index in [1.54, 1.807) is 0 Å². The number of furan rings is 2. The first-order chi connectivity index (χ1) is 29.0. The van der Waals surface area contributed by atoms with Gasteiger partial charge in [-0.3, -0.25) is 15.0 Å². The molecule has 6 nitrogen and oxygen atoms in total. The zero-order chi connectivity index (χ0) is 39.5. The molecule has 0 spiro atoms. The van der Waals surface area contributed by atoms with Crippen molar-refractivity contribution in [3.8, 4) is 44.8 Å². The van der Waals surface area contributed by atoms with Gasteiger partial charge in [0.25, 0.3) is 0 Å². The van der Waals surface area contributed by atoms with E-state index in [0.29, 0.717) is 0 Å². The van der Waals surface area contributed by atoms with Gasteiger partial charge in [-0.1, -0.05) is 97.1 Å². The Kier molecular flexibility index (Phi) is 8.15. The molecule has 0 atom stereocenters. The molecule has 280 valence electrons. The molecule has 5 heterocycles. The van der Waals surface area contributed by atoms with Crippen molar-refractivity contribution in [2.45, 2.75) is 13.8 Å². The number of benzene rings is 6. The summed E-state index contributed by atoms with van der Waals surface area (Å²) < 4.78 is 12.4. The molecule has 59 heavy (non-hydrogen) atoms. The van der Waals surface area contributed by atoms with Gasteiger partial charge in [-0.25, -0.2) is 0 Å². The first-order valence-electron chi connectivity index (χ1n) is 19.7. The maximum Gasteiger partial charge on any atom is 0.153 e. The summed E-state index contributed by atoms with van der Waals surface area (Å²) in [4.78, 5) is 17.2. The van der Waals surface area contributed by atoms with E-state index in [1.165, 1.54) is 0 Å². The second-order valence-corrected chi connectivity index (χ2v) is 15.0. The summed E-state index contributed by atoms with van der Waals surface area (Å²) in [5.74, 6) is 0. The standard InChI is InChI=1S/C53H36N4O2/c1-33-21-22-54-34(2)53(33)57(41-25-37(35-13-5-3-6-14-35)23-39(27-41)47-29-45-43-17-9-11-19-49(43)58-51(45)31-55-47)42-26-38(36-15-7-4-8-16-36)24-40(28-42)48-30-46-44-18-10-12-20-50(44)59-52(46)32-56-48/h3-32H,1-2H3. The summed E-state index contributed by atoms with van der Waals surface area (Å²) in [6.07, 6.45) is 5.57. The number of rotatable bonds is 7. The van der Waals surface area contributed by atoms with Crippen molar-refractivity contribution >= 4 is 60.9 Å². The van der Waals surface area contributed by atoms with Crippen LogP contribution in [0.5, 0.6) is 0 Å². The lowest BCUT2D eigenvalue weighted by molar-refractivity contribution is 0.666. The van der Waals surface area contributed by atoms with Gasteiger partial charge in [0.05, 0.1) is 35.2 Å². The van der Waals surface area contributed by atoms with E-state index in [-0.39, 0.29) is 0 Å². The van der Waals surface area contributed by atoms with Crippen molar-refractivity contribution in [1.29, 1.82) is 0 Å². The van der Waals surface area contributed by atoms with Gasteiger partial charge >= 0.3 is 0 Å². The van der Waals surface area contributed by atoms with Gasteiger partial charge in [-0.2, -0.15) is 0 Å². The molecule has 0 aliphatic carbocycles. The second kappa shape index (κ2) is 14.0. The van der Waals surface area contributed by atoms with E-state index in [2.05, 4.69) is 146 Å². The second-order valence-electron chi connectivity index (χ2n) is 15.0. The highest BCUT2D eigenvalue weighted by Crippen LogP contribution is 2.45. The molecule has 0 N–H and O–H groups in total. The Balaban J connectivity index is 1.18. The van der Waals surface area contributed by atoms with Crippen LogP contribution in [0, 0.1) is 13.8 Å². The molecule has 11 rings (SSSR count). The Labute approximate surface area is 340 Å². The number of nitrogens with zero attached hydrogens (tertiary/aromatic N) is 4. The normalized spacial score (nSPS) is 11.6. The zero-order valence-corrected chi connectivity index (χ0v) is 32.4. The molecule has 6 heteroatoms. The summed E-state index contributed by atoms with van der Waals surface area (Å²) in [5.41, 5.74) is 16.2. The number of aromatic nitrogens is 3. The highest BCUT2D eigenvalue weighted by Gasteiger charge is 2.23. The van der Waals surface area contributed by atoms with E-state index in [1.807, 2.05) is 55.0 Å². The van der Waals surface area contributed by atoms with Gasteiger partial charge in [0.15, 0.2) is 11.2 Å². The topological polar surface area (TPSA) is 68.2 Å². The number of hydrogen-bond acceptors (Lipinski definition) is 6. The highest BCUT2D eigenvalue weighted by molar-refractivity contribution is 6.07. The van der Waals surface area contributed by atoms with Crippen LogP contribution >= 0.6 is 0 Å². The number of aryl methyl sites for hydroxylation is 2. The van der Waals surface area contributed by atoms with Gasteiger partial charge in [0.1, 0.15) is 11.2 Å². The average Bonchev–Trinajstić information content (AvgIpc) is 3.86. The van der Waals surface area contributed by atoms with Gasteiger partial charge in [0.2, 0.25) is 0 Å². The number of fused-ring (bicyclic) bond motifs is 6. The molecule has 0 radical (unpaired) electrons. The molecule has 0 saturated heterocycles. The van der Waals surface area contributed by atoms with Crippen molar-refractivity contribution in [3.05, 3.63) is 194 Å². The van der Waals surface area contributed by atoms with Gasteiger partial charge in [-0.05, 0) is 108 Å². The maximum absolute atomic E-state index is 6.19. The highest BCUT2D eigenvalue weighted by atomic mass is 16.3. The summed E-state index contributed by atoms with van der Waals surface area (Å²) in [7, 11) is 0. The van der Waals surface area contributed by atoms with Crippen LogP contribution in [0.2, 0.25) is 0 Å². The summed E-state index contributed by atoms with van der Waals surface area (Å²) in [6, 6.07) is 57.2. The SMILES string of the molecule is Cc1ccnc(C)c1N(c1cc(-c2ccccc2)cc(-c2cc3c(cn2)oc2ccccc23)c1)c1cc(-c2ccccc2)cc(-c2cc3c(cn2)oc2ccccc23)c1. The first-order valence-corrected chi connectivity index (χ1v) is 19.7. The molecular formula is C53H36N4O2. The fraction of sp³-hybridized carbons (Fsp3) is 0.0377. The lowest BCUT2D eigenvalue weighted by atomic mass is 9.96. The van der Waals surface area contributed by atoms with E-state index < -0.39 is 0 Å². The third kappa shape index (κ3) is 6.10. The molecule has 0 bridgehead atoms. The summed E-state index contributed by atoms with van der Waals surface area (Å²) in [6.45, 7) is 4.23. The molecule has 0 saturated carbocycles. The largest absolute Gasteiger partial charge is 0.454 e. The predicted molar refractivity (Wildman–Crippen MR) is 240 cm³/mol. The smallest absolute Gasteiger partial charge is 0.153 e. The lowest BCUT2D eigenvalue weighted by Gasteiger charge is -2.30. The third-order valence-electron chi connectivity index (χ3n) is 11.2. The summed E-state index contributed by atoms with van der Waals surface area (Å²) >= 11 is 0. The molecule has 0 fully saturated rings. The Bertz CT molecular complexity index is 3150. The molecule has 6 aromatic carbocycles. The van der Waals surface area contributed by atoms with Crippen molar-refractivity contribution in [2.75, 3.05) is 4.90 Å². The fourth-order valence-corrected chi connectivity index (χ4v) is 8.38. The summed E-state index contributed by atoms with van der Waals surface area (Å²) in [5, 5.41) is 4.19. The number of hydrogen-bond donors (Lipinski definition) is 0. The van der Waals surface area contributed by atoms with Crippen LogP contribution in [0.1, 0.15) is 11.3 Å². The van der Waals surface area contributed by atoms with Crippen molar-refractivity contribution < 1.29 is 8.83 Å². The Morgan fingerprint density at radius 2 is 0.847 bits per heavy atom. The maximum atomic E-state index is 6.19. The lowest BCUT2D eigenvalue weighted by Crippen LogP contribution is -2.14. The average molecular weight is 761 g/mol. The monoisotopic (exact) mass is 760 g/mol. The van der Waals surface area contributed by atoms with E-state index in [4.69, 9.17) is 23.8 Å². The predicted octanol–water partition coefficient (Wildman–Crippen LogP) is 14.4. The molecule has 5 aromatic heterocycles. The molecular weight excluding hydrogens is 725 g/mol. The molecule has 0 aliphatic heterocycles. The van der Waals surface area contributed by atoms with Gasteiger partial charge in [-0.15, -0.1) is 0 Å². The van der Waals surface area contributed by atoms with Crippen LogP contribution in [0.15, 0.2) is 191 Å². The molecule has 0 aliphatic rings. The van der Waals surface area contributed by atoms with E-state index >= 15 is 0 Å². The molecule has 0 unspecified atom stereocenters. The van der Waals surface area contributed by atoms with Gasteiger partial charge in [0, 0.05) is 50.2 Å². The van der Waals surface area contributed by atoms with E-state index in [0.717, 1.165) is 117 Å². The van der Waals surface area contributed by atoms with Crippen LogP contribution < -0.4 is 4.90 Å². The Morgan fingerprint density at radius 3 is 1.34 bits per heavy atom. The first kappa shape index (κ1) is 34.4. The Morgan fingerprint density at radius 1 is 0.390 bits per heavy atom. The quantitative estimate of drug-likeness (QED) is 0.161. The van der Waals surface area contributed by atoms with E-state index in [9.17, 15) is 0 Å². The van der Waals surface area contributed by atoms with Crippen LogP contribution in [0.3, 0.4) is 0 Å². The number of pyridine rings is 3. The minimum absolute atomic E-state index is 0.762. The van der Waals surface area contributed by atoms with Crippen LogP contribution in [-0.2, 0) is 0 Å². The minimum Gasteiger partial charge on any atom is -0.454 e. The minimum atomic E-state index is 0.762. The van der Waals surface area contributed by atoms with Crippen molar-refractivity contribution in [2.24, 2.45) is 0 Å². The molecule has 11 aromatic rings. The van der Waals surface area contributed by atoms with Crippen molar-refractivity contribution in [1.82, 2.24) is 15.0 Å². The number of para-hydroxylation sites is 2. The van der Waals surface area contributed by atoms with Crippen LogP contribution in [-0.4, -0.2) is 15.0 Å². The fourth-order valence-electron chi connectivity index (χ4n) is 8.38. The zero-order valence-electron chi connectivity index (χ0n) is 32.4. The van der Waals surface area contributed by atoms with Crippen LogP contribution in [0.25, 0.3) is 88.6 Å². The molecule has 0 amide bonds. The van der Waals surface area contributed by atoms with Crippen molar-refractivity contribution in [3.63, 3.8) is 0 Å². The van der Waals surface area contributed by atoms with Gasteiger partial charge < -0.3 is 13.7 Å². The van der Waals surface area contributed by atoms with Crippen LogP contribution in [0.4, 0.5) is 17.1 Å². The Hall–Kier alpha value is -7.83.